The fourth-order valence-corrected chi connectivity index (χ4v) is 2.51. The Kier molecular flexibility index (Phi) is 3.11. The molecule has 9 heteroatoms. The second-order valence-corrected chi connectivity index (χ2v) is 4.75. The molecule has 0 aliphatic carbocycles. The fourth-order valence-electron chi connectivity index (χ4n) is 2.51. The van der Waals surface area contributed by atoms with Gasteiger partial charge < -0.3 is 19.3 Å². The molecule has 3 atom stereocenters. The first kappa shape index (κ1) is 13.3. The number of imide groups is 1. The van der Waals surface area contributed by atoms with Crippen LogP contribution in [0.25, 0.3) is 0 Å². The molecule has 0 radical (unpaired) electrons. The summed E-state index contributed by atoms with van der Waals surface area (Å²) in [6.45, 7) is 0.232. The maximum Gasteiger partial charge on any atom is 0.538 e. The topological polar surface area (TPSA) is 112 Å². The lowest BCUT2D eigenvalue weighted by Gasteiger charge is -2.26. The molecule has 0 aromatic rings. The average Bonchev–Trinajstić information content (AvgIpc) is 3.02. The Bertz CT molecular complexity index is 449. The van der Waals surface area contributed by atoms with Gasteiger partial charge in [0.1, 0.15) is 0 Å². The normalized spacial score (nSPS) is 36.4. The van der Waals surface area contributed by atoms with Gasteiger partial charge in [0.15, 0.2) is 0 Å². The fraction of sp³-hybridized carbons (Fsp3) is 0.727. The van der Waals surface area contributed by atoms with Gasteiger partial charge in [0.2, 0.25) is 0 Å². The molecule has 0 unspecified atom stereocenters. The lowest BCUT2D eigenvalue weighted by atomic mass is 10.0. The van der Waals surface area contributed by atoms with E-state index in [0.717, 1.165) is 0 Å². The Labute approximate surface area is 113 Å². The number of hydrogen-bond donors (Lipinski definition) is 1. The van der Waals surface area contributed by atoms with Crippen molar-refractivity contribution >= 4 is 18.0 Å². The molecule has 3 rings (SSSR count). The van der Waals surface area contributed by atoms with Crippen LogP contribution in [-0.4, -0.2) is 53.4 Å². The van der Waals surface area contributed by atoms with Crippen molar-refractivity contribution < 1.29 is 38.5 Å². The zero-order valence-electron chi connectivity index (χ0n) is 10.4. The number of hydrogen-bond acceptors (Lipinski definition) is 8. The Morgan fingerprint density at radius 2 is 2.00 bits per heavy atom. The molecule has 9 nitrogen and oxygen atoms in total. The Morgan fingerprint density at radius 1 is 1.30 bits per heavy atom. The van der Waals surface area contributed by atoms with Crippen molar-refractivity contribution in [2.45, 2.75) is 31.3 Å². The van der Waals surface area contributed by atoms with Crippen LogP contribution < -0.4 is 0 Å². The molecule has 3 aliphatic heterocycles. The molecule has 0 aromatic heterocycles. The molecule has 1 N–H and O–H groups in total. The number of fused-ring (bicyclic) bond motifs is 1. The van der Waals surface area contributed by atoms with E-state index in [-0.39, 0.29) is 26.1 Å². The number of nitrogens with zero attached hydrogens (tertiary/aromatic N) is 1. The highest BCUT2D eigenvalue weighted by molar-refractivity contribution is 6.01. The molecule has 3 fully saturated rings. The van der Waals surface area contributed by atoms with E-state index >= 15 is 0 Å². The van der Waals surface area contributed by atoms with Gasteiger partial charge in [0.05, 0.1) is 25.2 Å². The van der Waals surface area contributed by atoms with Crippen molar-refractivity contribution in [2.24, 2.45) is 5.92 Å². The quantitative estimate of drug-likeness (QED) is 0.523. The molecule has 0 saturated carbocycles. The molecular weight excluding hydrogens is 274 g/mol. The third-order valence-corrected chi connectivity index (χ3v) is 3.50. The lowest BCUT2D eigenvalue weighted by Crippen LogP contribution is -2.42. The van der Waals surface area contributed by atoms with Gasteiger partial charge in [-0.15, -0.1) is 0 Å². The first-order valence-corrected chi connectivity index (χ1v) is 6.24. The predicted octanol–water partition coefficient (Wildman–Crippen LogP) is -0.715. The zero-order valence-corrected chi connectivity index (χ0v) is 10.4. The van der Waals surface area contributed by atoms with Crippen LogP contribution in [0.5, 0.6) is 0 Å². The largest absolute Gasteiger partial charge is 0.538 e. The summed E-state index contributed by atoms with van der Waals surface area (Å²) in [5.74, 6) is -3.43. The lowest BCUT2D eigenvalue weighted by molar-refractivity contribution is -0.337. The maximum atomic E-state index is 11.7. The minimum absolute atomic E-state index is 0.00834. The molecule has 3 heterocycles. The van der Waals surface area contributed by atoms with Crippen LogP contribution in [-0.2, 0) is 28.6 Å². The van der Waals surface area contributed by atoms with Crippen LogP contribution in [0.1, 0.15) is 19.3 Å². The van der Waals surface area contributed by atoms with E-state index in [2.05, 4.69) is 4.84 Å². The number of aliphatic hydroxyl groups excluding tert-OH is 1. The number of hydroxylamine groups is 2. The molecule has 0 aromatic carbocycles. The predicted molar refractivity (Wildman–Crippen MR) is 57.4 cm³/mol. The molecule has 0 bridgehead atoms. The SMILES string of the molecule is O=C(ON1C(=O)CCC1=O)O[C@@]12OCC[C@H]1[C@@H](O)CO2. The second kappa shape index (κ2) is 4.69. The first-order valence-electron chi connectivity index (χ1n) is 6.24. The van der Waals surface area contributed by atoms with Crippen LogP contribution >= 0.6 is 0 Å². The van der Waals surface area contributed by atoms with E-state index in [1.165, 1.54) is 0 Å². The van der Waals surface area contributed by atoms with E-state index in [1.807, 2.05) is 0 Å². The number of carbonyl (C=O) groups is 3. The number of aliphatic hydroxyl groups is 1. The number of rotatable bonds is 2. The van der Waals surface area contributed by atoms with Gasteiger partial charge in [-0.3, -0.25) is 14.4 Å². The minimum Gasteiger partial charge on any atom is -0.390 e. The highest BCUT2D eigenvalue weighted by atomic mass is 16.9. The maximum absolute atomic E-state index is 11.7. The van der Waals surface area contributed by atoms with Gasteiger partial charge in [0.25, 0.3) is 11.8 Å². The Balaban J connectivity index is 1.64. The summed E-state index contributed by atoms with van der Waals surface area (Å²) in [5, 5.41) is 10.1. The van der Waals surface area contributed by atoms with E-state index in [9.17, 15) is 19.5 Å². The van der Waals surface area contributed by atoms with Gasteiger partial charge in [0, 0.05) is 12.8 Å². The van der Waals surface area contributed by atoms with Crippen molar-refractivity contribution in [1.29, 1.82) is 0 Å². The van der Waals surface area contributed by atoms with Crippen molar-refractivity contribution in [1.82, 2.24) is 5.06 Å². The van der Waals surface area contributed by atoms with Crippen LogP contribution in [0.15, 0.2) is 0 Å². The molecule has 110 valence electrons. The summed E-state index contributed by atoms with van der Waals surface area (Å²) in [7, 11) is 0. The summed E-state index contributed by atoms with van der Waals surface area (Å²) >= 11 is 0. The second-order valence-electron chi connectivity index (χ2n) is 4.75. The summed E-state index contributed by atoms with van der Waals surface area (Å²) in [4.78, 5) is 38.8. The summed E-state index contributed by atoms with van der Waals surface area (Å²) in [5.41, 5.74) is 0. The van der Waals surface area contributed by atoms with Crippen molar-refractivity contribution in [3.63, 3.8) is 0 Å². The van der Waals surface area contributed by atoms with Gasteiger partial charge in [-0.05, 0) is 6.42 Å². The Hall–Kier alpha value is -1.71. The summed E-state index contributed by atoms with van der Waals surface area (Å²) in [6.07, 6.45) is -1.64. The Morgan fingerprint density at radius 3 is 2.70 bits per heavy atom. The number of ether oxygens (including phenoxy) is 3. The molecule has 2 amide bonds. The molecule has 3 saturated heterocycles. The monoisotopic (exact) mass is 287 g/mol. The third kappa shape index (κ3) is 2.03. The van der Waals surface area contributed by atoms with Crippen LogP contribution in [0, 0.1) is 5.92 Å². The van der Waals surface area contributed by atoms with E-state index in [4.69, 9.17) is 14.2 Å². The van der Waals surface area contributed by atoms with Gasteiger partial charge >= 0.3 is 12.1 Å². The third-order valence-electron chi connectivity index (χ3n) is 3.50. The standard InChI is InChI=1S/C11H13NO8/c13-7-5-18-11(6(7)3-4-17-11)19-10(16)20-12-8(14)1-2-9(12)15/h6-7,13H,1-5H2/t6-,7-,11+/m0/s1. The van der Waals surface area contributed by atoms with Crippen LogP contribution in [0.4, 0.5) is 4.79 Å². The van der Waals surface area contributed by atoms with Crippen LogP contribution in [0.3, 0.4) is 0 Å². The van der Waals surface area contributed by atoms with Crippen molar-refractivity contribution in [3.05, 3.63) is 0 Å². The molecular formula is C11H13NO8. The van der Waals surface area contributed by atoms with Gasteiger partial charge in [-0.1, -0.05) is 5.06 Å². The summed E-state index contributed by atoms with van der Waals surface area (Å²) in [6, 6.07) is 0. The number of amides is 2. The van der Waals surface area contributed by atoms with E-state index in [1.54, 1.807) is 0 Å². The molecule has 0 spiro atoms. The highest BCUT2D eigenvalue weighted by Crippen LogP contribution is 2.42. The highest BCUT2D eigenvalue weighted by Gasteiger charge is 2.58. The van der Waals surface area contributed by atoms with Crippen molar-refractivity contribution in [3.8, 4) is 0 Å². The summed E-state index contributed by atoms with van der Waals surface area (Å²) < 4.78 is 15.4. The smallest absolute Gasteiger partial charge is 0.390 e. The zero-order chi connectivity index (χ0) is 14.3. The first-order chi connectivity index (χ1) is 9.52. The molecule has 20 heavy (non-hydrogen) atoms. The van der Waals surface area contributed by atoms with Gasteiger partial charge in [-0.2, -0.15) is 0 Å². The van der Waals surface area contributed by atoms with E-state index < -0.39 is 36.0 Å². The van der Waals surface area contributed by atoms with E-state index in [0.29, 0.717) is 11.5 Å². The minimum atomic E-state index is -1.69. The average molecular weight is 287 g/mol. The van der Waals surface area contributed by atoms with Gasteiger partial charge in [-0.25, -0.2) is 4.79 Å². The number of carbonyl (C=O) groups excluding carboxylic acids is 3. The van der Waals surface area contributed by atoms with Crippen molar-refractivity contribution in [2.75, 3.05) is 13.2 Å². The van der Waals surface area contributed by atoms with Crippen LogP contribution in [0.2, 0.25) is 0 Å². The molecule has 3 aliphatic rings.